The summed E-state index contributed by atoms with van der Waals surface area (Å²) in [6, 6.07) is 10.2. The van der Waals surface area contributed by atoms with Crippen LogP contribution in [0.5, 0.6) is 17.2 Å². The second kappa shape index (κ2) is 18.0. The number of hydrogen-bond acceptors (Lipinski definition) is 8. The average Bonchev–Trinajstić information content (AvgIpc) is 3.04. The number of nitrogens with one attached hydrogen (secondary N) is 1. The molecule has 3 rings (SSSR count). The first-order chi connectivity index (χ1) is 21.3. The summed E-state index contributed by atoms with van der Waals surface area (Å²) < 4.78 is 17.9. The molecule has 0 bridgehead atoms. The van der Waals surface area contributed by atoms with Gasteiger partial charge in [-0.25, -0.2) is 0 Å². The van der Waals surface area contributed by atoms with Crippen LogP contribution in [0.2, 0.25) is 0 Å². The molecule has 2 aromatic carbocycles. The Kier molecular flexibility index (Phi) is 14.5. The molecule has 3 atom stereocenters. The molecule has 0 heterocycles. The van der Waals surface area contributed by atoms with Gasteiger partial charge in [0.25, 0.3) is 0 Å². The predicted molar refractivity (Wildman–Crippen MR) is 176 cm³/mol. The van der Waals surface area contributed by atoms with Crippen molar-refractivity contribution in [1.29, 1.82) is 0 Å². The highest BCUT2D eigenvalue weighted by Gasteiger charge is 2.40. The number of benzene rings is 2. The number of halogens is 1. The van der Waals surface area contributed by atoms with E-state index < -0.39 is 24.2 Å². The quantitative estimate of drug-likeness (QED) is 0.111. The molecule has 11 heteroatoms. The zero-order valence-electron chi connectivity index (χ0n) is 25.3. The van der Waals surface area contributed by atoms with Gasteiger partial charge in [0.15, 0.2) is 11.5 Å². The fraction of sp³-hybridized carbons (Fsp3) is 0.455. The molecule has 0 saturated carbocycles. The number of ether oxygens (including phenoxy) is 3. The van der Waals surface area contributed by atoms with E-state index in [1.54, 1.807) is 30.2 Å². The summed E-state index contributed by atoms with van der Waals surface area (Å²) in [5, 5.41) is 33.4. The van der Waals surface area contributed by atoms with Crippen LogP contribution in [-0.4, -0.2) is 84.2 Å². The average molecular weight is 723 g/mol. The summed E-state index contributed by atoms with van der Waals surface area (Å²) in [4.78, 5) is 28.6. The van der Waals surface area contributed by atoms with Crippen molar-refractivity contribution in [3.63, 3.8) is 0 Å². The van der Waals surface area contributed by atoms with Gasteiger partial charge in [-0.2, -0.15) is 0 Å². The maximum Gasteiger partial charge on any atom is 0.247 e. The lowest BCUT2D eigenvalue weighted by Gasteiger charge is -2.41. The van der Waals surface area contributed by atoms with E-state index in [0.717, 1.165) is 18.4 Å². The number of nitrogens with zero attached hydrogens (tertiary/aromatic N) is 1. The van der Waals surface area contributed by atoms with Gasteiger partial charge in [0.05, 0.1) is 37.0 Å². The lowest BCUT2D eigenvalue weighted by molar-refractivity contribution is -0.138. The second-order valence-corrected chi connectivity index (χ2v) is 11.7. The van der Waals surface area contributed by atoms with E-state index in [9.17, 15) is 24.9 Å². The normalized spacial score (nSPS) is 17.8. The third-order valence-corrected chi connectivity index (χ3v) is 8.29. The van der Waals surface area contributed by atoms with Gasteiger partial charge < -0.3 is 39.7 Å². The predicted octanol–water partition coefficient (Wildman–Crippen LogP) is 3.53. The minimum Gasteiger partial charge on any atom is -0.497 e. The molecule has 1 aliphatic rings. The van der Waals surface area contributed by atoms with Crippen LogP contribution in [0.1, 0.15) is 43.2 Å². The molecular weight excluding hydrogens is 679 g/mol. The third-order valence-electron chi connectivity index (χ3n) is 7.49. The summed E-state index contributed by atoms with van der Waals surface area (Å²) in [5.41, 5.74) is 1.93. The largest absolute Gasteiger partial charge is 0.497 e. The number of methoxy groups -OCH3 is 2. The lowest BCUT2D eigenvalue weighted by Crippen LogP contribution is -2.55. The van der Waals surface area contributed by atoms with E-state index in [-0.39, 0.29) is 38.5 Å². The number of hydrogen-bond donors (Lipinski definition) is 4. The maximum atomic E-state index is 13.8. The Morgan fingerprint density at radius 2 is 1.93 bits per heavy atom. The van der Waals surface area contributed by atoms with Crippen molar-refractivity contribution in [2.75, 3.05) is 33.9 Å². The van der Waals surface area contributed by atoms with Crippen molar-refractivity contribution in [1.82, 2.24) is 10.2 Å². The number of carbonyl (C=O) groups excluding carboxylic acids is 2. The lowest BCUT2D eigenvalue weighted by atomic mass is 9.87. The Balaban J connectivity index is 1.98. The number of unbranched alkanes of at least 4 members (excludes halogenated alkanes) is 2. The van der Waals surface area contributed by atoms with Crippen LogP contribution in [0.15, 0.2) is 60.7 Å². The fourth-order valence-electron chi connectivity index (χ4n) is 5.16. The van der Waals surface area contributed by atoms with E-state index in [2.05, 4.69) is 34.5 Å². The van der Waals surface area contributed by atoms with Gasteiger partial charge in [-0.3, -0.25) is 9.59 Å². The molecule has 0 aliphatic heterocycles. The molecule has 3 unspecified atom stereocenters. The van der Waals surface area contributed by atoms with Crippen molar-refractivity contribution >= 4 is 34.4 Å². The van der Waals surface area contributed by atoms with E-state index in [1.165, 1.54) is 7.11 Å². The highest BCUT2D eigenvalue weighted by atomic mass is 127. The van der Waals surface area contributed by atoms with E-state index in [4.69, 9.17) is 14.2 Å². The molecule has 2 amide bonds. The van der Waals surface area contributed by atoms with Crippen LogP contribution in [0.3, 0.4) is 0 Å². The number of rotatable bonds is 17. The monoisotopic (exact) mass is 722 g/mol. The van der Waals surface area contributed by atoms with Crippen LogP contribution < -0.4 is 19.5 Å². The highest BCUT2D eigenvalue weighted by molar-refractivity contribution is 14.1. The molecule has 240 valence electrons. The van der Waals surface area contributed by atoms with E-state index in [0.29, 0.717) is 51.3 Å². The molecule has 0 radical (unpaired) electrons. The van der Waals surface area contributed by atoms with Gasteiger partial charge in [0.1, 0.15) is 18.0 Å². The van der Waals surface area contributed by atoms with Gasteiger partial charge in [0, 0.05) is 31.5 Å². The second-order valence-electron chi connectivity index (χ2n) is 10.5. The van der Waals surface area contributed by atoms with Gasteiger partial charge in [0.2, 0.25) is 11.8 Å². The molecule has 1 aliphatic carbocycles. The van der Waals surface area contributed by atoms with Gasteiger partial charge in [-0.15, -0.1) is 6.58 Å². The topological polar surface area (TPSA) is 138 Å². The summed E-state index contributed by atoms with van der Waals surface area (Å²) >= 11 is 2.07. The number of allylic oxidation sites excluding steroid dienone is 1. The number of amides is 2. The molecule has 0 spiro atoms. The Bertz CT molecular complexity index is 1300. The number of aliphatic hydroxyl groups excluding tert-OH is 3. The Hall–Kier alpha value is -3.13. The van der Waals surface area contributed by atoms with Crippen molar-refractivity contribution in [3.05, 3.63) is 75.4 Å². The number of aliphatic hydroxyl groups is 3. The van der Waals surface area contributed by atoms with Crippen molar-refractivity contribution < 1.29 is 39.1 Å². The molecule has 0 saturated heterocycles. The Morgan fingerprint density at radius 1 is 1.14 bits per heavy atom. The molecule has 0 fully saturated rings. The zero-order chi connectivity index (χ0) is 32.1. The number of carbonyl (C=O) groups is 2. The maximum absolute atomic E-state index is 13.8. The summed E-state index contributed by atoms with van der Waals surface area (Å²) in [6.07, 6.45) is 4.38. The SMILES string of the molecule is C=CCCCCC(=O)N(CCc1cccc(OC)c1)C1CC(C(=O)NCCO)=CC(Oc2c(I)cc(CO)cc2OC)C1O. The zero-order valence-corrected chi connectivity index (χ0v) is 27.5. The van der Waals surface area contributed by atoms with E-state index in [1.807, 2.05) is 30.3 Å². The van der Waals surface area contributed by atoms with Crippen LogP contribution in [0, 0.1) is 3.57 Å². The fourth-order valence-corrected chi connectivity index (χ4v) is 5.95. The Morgan fingerprint density at radius 3 is 2.61 bits per heavy atom. The summed E-state index contributed by atoms with van der Waals surface area (Å²) in [5.74, 6) is 0.880. The molecule has 44 heavy (non-hydrogen) atoms. The molecular formula is C33H43IN2O8. The van der Waals surface area contributed by atoms with Crippen LogP contribution in [0.25, 0.3) is 0 Å². The smallest absolute Gasteiger partial charge is 0.247 e. The van der Waals surface area contributed by atoms with E-state index >= 15 is 0 Å². The molecule has 10 nitrogen and oxygen atoms in total. The first kappa shape index (κ1) is 35.4. The van der Waals surface area contributed by atoms with Crippen molar-refractivity contribution in [3.8, 4) is 17.2 Å². The molecule has 2 aromatic rings. The third kappa shape index (κ3) is 9.68. The van der Waals surface area contributed by atoms with Crippen molar-refractivity contribution in [2.45, 2.75) is 63.4 Å². The summed E-state index contributed by atoms with van der Waals surface area (Å²) in [7, 11) is 3.08. The van der Waals surface area contributed by atoms with Gasteiger partial charge in [-0.1, -0.05) is 18.2 Å². The van der Waals surface area contributed by atoms with Crippen LogP contribution in [-0.2, 0) is 22.6 Å². The van der Waals surface area contributed by atoms with Gasteiger partial charge >= 0.3 is 0 Å². The summed E-state index contributed by atoms with van der Waals surface area (Å²) in [6.45, 7) is 3.71. The van der Waals surface area contributed by atoms with Crippen molar-refractivity contribution in [2.24, 2.45) is 0 Å². The first-order valence-electron chi connectivity index (χ1n) is 14.7. The van der Waals surface area contributed by atoms with Crippen LogP contribution >= 0.6 is 22.6 Å². The van der Waals surface area contributed by atoms with Gasteiger partial charge in [-0.05, 0) is 89.7 Å². The standard InChI is InChI=1S/C33H43IN2O8/c1-4-5-6-7-11-30(39)36(14-12-22-9-8-10-25(16-22)42-2)27-19-24(33(41)35-13-15-37)20-28(31(27)40)44-32-26(34)17-23(21-38)18-29(32)43-3/h4,8-10,16-18,20,27-28,31,37-38,40H,1,5-7,11-15,19,21H2,2-3H3,(H,35,41). The molecule has 4 N–H and O–H groups in total. The first-order valence-corrected chi connectivity index (χ1v) is 15.8. The minimum absolute atomic E-state index is 0.0606. The molecule has 0 aromatic heterocycles. The minimum atomic E-state index is -1.18. The Labute approximate surface area is 272 Å². The van der Waals surface area contributed by atoms with Crippen LogP contribution in [0.4, 0.5) is 0 Å². The highest BCUT2D eigenvalue weighted by Crippen LogP contribution is 2.37.